The number of hydrogen-bond donors (Lipinski definition) is 1. The van der Waals surface area contributed by atoms with Crippen LogP contribution in [0.2, 0.25) is 0 Å². The molecule has 4 heteroatoms. The number of carbonyl (C=O) groups excluding carboxylic acids is 1. The third-order valence-electron chi connectivity index (χ3n) is 2.98. The van der Waals surface area contributed by atoms with E-state index in [9.17, 15) is 4.79 Å². The Kier molecular flexibility index (Phi) is 5.02. The van der Waals surface area contributed by atoms with Gasteiger partial charge in [0.15, 0.2) is 0 Å². The van der Waals surface area contributed by atoms with Gasteiger partial charge in [-0.25, -0.2) is 4.79 Å². The van der Waals surface area contributed by atoms with Crippen molar-refractivity contribution in [3.05, 3.63) is 30.3 Å². The first-order valence-corrected chi connectivity index (χ1v) is 6.47. The molecule has 1 N–H and O–H groups in total. The first-order chi connectivity index (χ1) is 8.84. The summed E-state index contributed by atoms with van der Waals surface area (Å²) in [7, 11) is 0. The first-order valence-electron chi connectivity index (χ1n) is 6.47. The van der Waals surface area contributed by atoms with Crippen LogP contribution in [0, 0.1) is 0 Å². The van der Waals surface area contributed by atoms with Crippen molar-refractivity contribution < 1.29 is 14.3 Å². The van der Waals surface area contributed by atoms with Crippen molar-refractivity contribution in [2.24, 2.45) is 0 Å². The zero-order valence-electron chi connectivity index (χ0n) is 10.4. The molecule has 0 spiro atoms. The van der Waals surface area contributed by atoms with Gasteiger partial charge in [0, 0.05) is 6.54 Å². The highest BCUT2D eigenvalue weighted by molar-refractivity contribution is 5.70. The minimum Gasteiger partial charge on any atom is -0.410 e. The Morgan fingerprint density at radius 2 is 1.94 bits per heavy atom. The molecular weight excluding hydrogens is 230 g/mol. The number of amides is 1. The van der Waals surface area contributed by atoms with Crippen molar-refractivity contribution in [2.45, 2.75) is 31.8 Å². The second kappa shape index (κ2) is 7.01. The summed E-state index contributed by atoms with van der Waals surface area (Å²) >= 11 is 0. The molecule has 0 radical (unpaired) electrons. The molecule has 18 heavy (non-hydrogen) atoms. The Bertz CT molecular complexity index is 361. The average Bonchev–Trinajstić information content (AvgIpc) is 2.89. The van der Waals surface area contributed by atoms with E-state index < -0.39 is 6.09 Å². The number of ether oxygens (including phenoxy) is 2. The van der Waals surface area contributed by atoms with E-state index in [1.807, 2.05) is 18.2 Å². The van der Waals surface area contributed by atoms with Gasteiger partial charge in [-0.1, -0.05) is 31.0 Å². The molecule has 0 atom stereocenters. The summed E-state index contributed by atoms with van der Waals surface area (Å²) in [4.78, 5) is 11.4. The monoisotopic (exact) mass is 249 g/mol. The van der Waals surface area contributed by atoms with Crippen LogP contribution in [0.4, 0.5) is 4.79 Å². The quantitative estimate of drug-likeness (QED) is 0.816. The summed E-state index contributed by atoms with van der Waals surface area (Å²) in [5, 5.41) is 2.67. The lowest BCUT2D eigenvalue weighted by Crippen LogP contribution is -2.30. The molecule has 1 aromatic carbocycles. The molecule has 2 rings (SSSR count). The van der Waals surface area contributed by atoms with Crippen LogP contribution in [-0.4, -0.2) is 25.3 Å². The highest BCUT2D eigenvalue weighted by atomic mass is 16.6. The summed E-state index contributed by atoms with van der Waals surface area (Å²) in [6.45, 7) is 1.04. The third-order valence-corrected chi connectivity index (χ3v) is 2.98. The van der Waals surface area contributed by atoms with Gasteiger partial charge < -0.3 is 14.8 Å². The predicted octanol–water partition coefficient (Wildman–Crippen LogP) is 2.73. The van der Waals surface area contributed by atoms with Crippen LogP contribution in [-0.2, 0) is 4.74 Å². The molecule has 1 aromatic rings. The van der Waals surface area contributed by atoms with E-state index in [2.05, 4.69) is 5.32 Å². The lowest BCUT2D eigenvalue weighted by molar-refractivity contribution is 0.0604. The van der Waals surface area contributed by atoms with Crippen molar-refractivity contribution in [3.63, 3.8) is 0 Å². The van der Waals surface area contributed by atoms with Crippen LogP contribution in [0.3, 0.4) is 0 Å². The maximum atomic E-state index is 11.4. The van der Waals surface area contributed by atoms with Crippen LogP contribution >= 0.6 is 0 Å². The van der Waals surface area contributed by atoms with Crippen molar-refractivity contribution >= 4 is 6.09 Å². The molecule has 0 bridgehead atoms. The molecule has 1 aliphatic carbocycles. The highest BCUT2D eigenvalue weighted by Crippen LogP contribution is 2.20. The molecule has 1 aliphatic rings. The minimum atomic E-state index is -0.434. The number of rotatable bonds is 5. The lowest BCUT2D eigenvalue weighted by atomic mass is 10.3. The summed E-state index contributed by atoms with van der Waals surface area (Å²) in [5.74, 6) is 0.548. The molecule has 0 unspecified atom stereocenters. The molecule has 0 heterocycles. The zero-order valence-corrected chi connectivity index (χ0v) is 10.4. The van der Waals surface area contributed by atoms with E-state index in [4.69, 9.17) is 9.47 Å². The van der Waals surface area contributed by atoms with Crippen LogP contribution in [0.25, 0.3) is 0 Å². The van der Waals surface area contributed by atoms with Gasteiger partial charge in [-0.05, 0) is 25.0 Å². The Morgan fingerprint density at radius 1 is 1.22 bits per heavy atom. The fraction of sp³-hybridized carbons (Fsp3) is 0.500. The number of benzene rings is 1. The van der Waals surface area contributed by atoms with Gasteiger partial charge in [0.25, 0.3) is 0 Å². The SMILES string of the molecule is O=C(NCCOC1CCCC1)Oc1ccccc1. The van der Waals surface area contributed by atoms with Crippen molar-refractivity contribution in [3.8, 4) is 5.75 Å². The second-order valence-electron chi connectivity index (χ2n) is 4.41. The van der Waals surface area contributed by atoms with E-state index in [1.165, 1.54) is 12.8 Å². The fourth-order valence-corrected chi connectivity index (χ4v) is 2.07. The molecule has 4 nitrogen and oxygen atoms in total. The molecule has 0 aromatic heterocycles. The van der Waals surface area contributed by atoms with E-state index in [-0.39, 0.29) is 0 Å². The van der Waals surface area contributed by atoms with Gasteiger partial charge in [-0.2, -0.15) is 0 Å². The van der Waals surface area contributed by atoms with Gasteiger partial charge in [-0.3, -0.25) is 0 Å². The summed E-state index contributed by atoms with van der Waals surface area (Å²) in [5.41, 5.74) is 0. The Hall–Kier alpha value is -1.55. The summed E-state index contributed by atoms with van der Waals surface area (Å²) in [6.07, 6.45) is 4.76. The molecule has 1 saturated carbocycles. The van der Waals surface area contributed by atoms with Crippen LogP contribution in [0.1, 0.15) is 25.7 Å². The third kappa shape index (κ3) is 4.37. The number of hydrogen-bond acceptors (Lipinski definition) is 3. The van der Waals surface area contributed by atoms with Crippen LogP contribution in [0.5, 0.6) is 5.75 Å². The number of carbonyl (C=O) groups is 1. The molecule has 1 amide bonds. The van der Waals surface area contributed by atoms with Crippen LogP contribution < -0.4 is 10.1 Å². The maximum Gasteiger partial charge on any atom is 0.412 e. The molecule has 98 valence electrons. The predicted molar refractivity (Wildman–Crippen MR) is 68.7 cm³/mol. The molecule has 1 fully saturated rings. The summed E-state index contributed by atoms with van der Waals surface area (Å²) in [6, 6.07) is 9.01. The van der Waals surface area contributed by atoms with Gasteiger partial charge in [0.05, 0.1) is 12.7 Å². The maximum absolute atomic E-state index is 11.4. The smallest absolute Gasteiger partial charge is 0.410 e. The van der Waals surface area contributed by atoms with Gasteiger partial charge in [-0.15, -0.1) is 0 Å². The van der Waals surface area contributed by atoms with Crippen molar-refractivity contribution in [1.29, 1.82) is 0 Å². The lowest BCUT2D eigenvalue weighted by Gasteiger charge is -2.11. The zero-order chi connectivity index (χ0) is 12.6. The fourth-order valence-electron chi connectivity index (χ4n) is 2.07. The normalized spacial score (nSPS) is 15.6. The van der Waals surface area contributed by atoms with Crippen molar-refractivity contribution in [2.75, 3.05) is 13.2 Å². The first kappa shape index (κ1) is 12.9. The Balaban J connectivity index is 1.57. The van der Waals surface area contributed by atoms with Crippen molar-refractivity contribution in [1.82, 2.24) is 5.32 Å². The van der Waals surface area contributed by atoms with E-state index in [0.717, 1.165) is 12.8 Å². The highest BCUT2D eigenvalue weighted by Gasteiger charge is 2.14. The Labute approximate surface area is 107 Å². The average molecular weight is 249 g/mol. The van der Waals surface area contributed by atoms with Gasteiger partial charge in [0.2, 0.25) is 0 Å². The topological polar surface area (TPSA) is 47.6 Å². The van der Waals surface area contributed by atoms with Gasteiger partial charge >= 0.3 is 6.09 Å². The van der Waals surface area contributed by atoms with E-state index >= 15 is 0 Å². The minimum absolute atomic E-state index is 0.386. The standard InChI is InChI=1S/C14H19NO3/c16-14(18-13-8-2-1-3-9-13)15-10-11-17-12-6-4-5-7-12/h1-3,8-9,12H,4-7,10-11H2,(H,15,16). The molecular formula is C14H19NO3. The second-order valence-corrected chi connectivity index (χ2v) is 4.41. The van der Waals surface area contributed by atoms with Gasteiger partial charge in [0.1, 0.15) is 5.75 Å². The molecule has 0 aliphatic heterocycles. The number of para-hydroxylation sites is 1. The molecule has 0 saturated heterocycles. The summed E-state index contributed by atoms with van der Waals surface area (Å²) < 4.78 is 10.7. The largest absolute Gasteiger partial charge is 0.412 e. The number of nitrogens with one attached hydrogen (secondary N) is 1. The van der Waals surface area contributed by atoms with Crippen LogP contribution in [0.15, 0.2) is 30.3 Å². The van der Waals surface area contributed by atoms with E-state index in [0.29, 0.717) is 25.0 Å². The Morgan fingerprint density at radius 3 is 2.67 bits per heavy atom. The van der Waals surface area contributed by atoms with E-state index in [1.54, 1.807) is 12.1 Å².